The van der Waals surface area contributed by atoms with Gasteiger partial charge in [-0.3, -0.25) is 10.00 Å². The maximum Gasteiger partial charge on any atom is 0.0794 e. The van der Waals surface area contributed by atoms with Crippen molar-refractivity contribution in [3.05, 3.63) is 29.3 Å². The highest BCUT2D eigenvalue weighted by Crippen LogP contribution is 2.31. The lowest BCUT2D eigenvalue weighted by molar-refractivity contribution is 0.0430. The third kappa shape index (κ3) is 2.80. The van der Waals surface area contributed by atoms with Crippen LogP contribution in [-0.2, 0) is 6.54 Å². The standard InChI is InChI=1S/C15H21N3OS/c1-15(11-19)5-3-6-18(10-15)9-12-8-16-17-14(12)13-4-2-7-20-13/h2,4,7-8,19H,3,5-6,9-11H2,1H3,(H,16,17). The van der Waals surface area contributed by atoms with Crippen LogP contribution in [0.25, 0.3) is 10.6 Å². The van der Waals surface area contributed by atoms with Gasteiger partial charge in [0, 0.05) is 30.7 Å². The summed E-state index contributed by atoms with van der Waals surface area (Å²) in [4.78, 5) is 3.67. The van der Waals surface area contributed by atoms with Gasteiger partial charge in [-0.05, 0) is 30.8 Å². The second kappa shape index (κ2) is 5.68. The number of nitrogens with one attached hydrogen (secondary N) is 1. The van der Waals surface area contributed by atoms with Crippen LogP contribution in [0.1, 0.15) is 25.3 Å². The van der Waals surface area contributed by atoms with E-state index in [0.717, 1.165) is 38.2 Å². The highest BCUT2D eigenvalue weighted by molar-refractivity contribution is 7.13. The van der Waals surface area contributed by atoms with Crippen LogP contribution in [0.4, 0.5) is 0 Å². The molecule has 1 unspecified atom stereocenters. The minimum absolute atomic E-state index is 0.0467. The summed E-state index contributed by atoms with van der Waals surface area (Å²) >= 11 is 1.73. The minimum atomic E-state index is 0.0467. The average molecular weight is 291 g/mol. The molecule has 108 valence electrons. The van der Waals surface area contributed by atoms with Gasteiger partial charge in [-0.15, -0.1) is 11.3 Å². The van der Waals surface area contributed by atoms with Crippen LogP contribution in [-0.4, -0.2) is 39.9 Å². The SMILES string of the molecule is CC1(CO)CCCN(Cc2cn[nH]c2-c2cccs2)C1. The molecule has 4 nitrogen and oxygen atoms in total. The maximum atomic E-state index is 9.56. The van der Waals surface area contributed by atoms with Gasteiger partial charge in [-0.2, -0.15) is 5.10 Å². The molecule has 2 N–H and O–H groups in total. The first-order chi connectivity index (χ1) is 9.70. The molecule has 0 radical (unpaired) electrons. The molecular formula is C15H21N3OS. The predicted octanol–water partition coefficient (Wildman–Crippen LogP) is 2.73. The Kier molecular flexibility index (Phi) is 3.92. The molecule has 0 saturated carbocycles. The number of likely N-dealkylation sites (tertiary alicyclic amines) is 1. The zero-order chi connectivity index (χ0) is 14.0. The number of piperidine rings is 1. The first-order valence-electron chi connectivity index (χ1n) is 7.09. The molecule has 3 heterocycles. The average Bonchev–Trinajstić information content (AvgIpc) is 3.09. The largest absolute Gasteiger partial charge is 0.396 e. The van der Waals surface area contributed by atoms with Crippen molar-refractivity contribution in [3.8, 4) is 10.6 Å². The Balaban J connectivity index is 1.74. The summed E-state index contributed by atoms with van der Waals surface area (Å²) in [5, 5.41) is 19.0. The summed E-state index contributed by atoms with van der Waals surface area (Å²) in [5.74, 6) is 0. The Hall–Kier alpha value is -1.17. The Morgan fingerprint density at radius 1 is 1.55 bits per heavy atom. The number of nitrogens with zero attached hydrogens (tertiary/aromatic N) is 2. The summed E-state index contributed by atoms with van der Waals surface area (Å²) in [6.07, 6.45) is 4.20. The first-order valence-corrected chi connectivity index (χ1v) is 7.97. The van der Waals surface area contributed by atoms with Crippen molar-refractivity contribution in [3.63, 3.8) is 0 Å². The van der Waals surface area contributed by atoms with Gasteiger partial charge < -0.3 is 5.11 Å². The summed E-state index contributed by atoms with van der Waals surface area (Å²) in [6, 6.07) is 4.18. The zero-order valence-electron chi connectivity index (χ0n) is 11.8. The van der Waals surface area contributed by atoms with E-state index in [4.69, 9.17) is 0 Å². The van der Waals surface area contributed by atoms with E-state index in [1.165, 1.54) is 10.4 Å². The summed E-state index contributed by atoms with van der Waals surface area (Å²) in [6.45, 7) is 5.41. The van der Waals surface area contributed by atoms with Gasteiger partial charge in [0.05, 0.1) is 16.8 Å². The lowest BCUT2D eigenvalue weighted by atomic mass is 9.82. The molecule has 20 heavy (non-hydrogen) atoms. The van der Waals surface area contributed by atoms with Crippen LogP contribution in [0.3, 0.4) is 0 Å². The van der Waals surface area contributed by atoms with E-state index in [1.54, 1.807) is 11.3 Å². The fourth-order valence-electron chi connectivity index (χ4n) is 3.00. The Labute approximate surface area is 123 Å². The maximum absolute atomic E-state index is 9.56. The smallest absolute Gasteiger partial charge is 0.0794 e. The van der Waals surface area contributed by atoms with Crippen LogP contribution < -0.4 is 0 Å². The van der Waals surface area contributed by atoms with Gasteiger partial charge in [-0.25, -0.2) is 0 Å². The van der Waals surface area contributed by atoms with Crippen molar-refractivity contribution < 1.29 is 5.11 Å². The van der Waals surface area contributed by atoms with E-state index >= 15 is 0 Å². The molecule has 0 amide bonds. The molecule has 3 rings (SSSR count). The monoisotopic (exact) mass is 291 g/mol. The predicted molar refractivity (Wildman–Crippen MR) is 81.6 cm³/mol. The number of aliphatic hydroxyl groups excluding tert-OH is 1. The van der Waals surface area contributed by atoms with E-state index in [2.05, 4.69) is 39.5 Å². The molecule has 1 fully saturated rings. The quantitative estimate of drug-likeness (QED) is 0.910. The summed E-state index contributed by atoms with van der Waals surface area (Å²) in [5.41, 5.74) is 2.43. The molecule has 1 saturated heterocycles. The van der Waals surface area contributed by atoms with Gasteiger partial charge in [0.2, 0.25) is 0 Å². The van der Waals surface area contributed by atoms with Crippen molar-refractivity contribution >= 4 is 11.3 Å². The molecule has 2 aromatic rings. The molecule has 0 aromatic carbocycles. The van der Waals surface area contributed by atoms with Crippen LogP contribution in [0.2, 0.25) is 0 Å². The number of hydrogen-bond acceptors (Lipinski definition) is 4. The normalized spacial score (nSPS) is 24.1. The summed E-state index contributed by atoms with van der Waals surface area (Å²) < 4.78 is 0. The van der Waals surface area contributed by atoms with E-state index in [9.17, 15) is 5.11 Å². The van der Waals surface area contributed by atoms with Gasteiger partial charge >= 0.3 is 0 Å². The van der Waals surface area contributed by atoms with Crippen LogP contribution >= 0.6 is 11.3 Å². The number of aliphatic hydroxyl groups is 1. The number of thiophene rings is 1. The molecule has 0 bridgehead atoms. The van der Waals surface area contributed by atoms with Gasteiger partial charge in [0.25, 0.3) is 0 Å². The van der Waals surface area contributed by atoms with Gasteiger partial charge in [0.1, 0.15) is 0 Å². The minimum Gasteiger partial charge on any atom is -0.396 e. The van der Waals surface area contributed by atoms with Crippen LogP contribution in [0.15, 0.2) is 23.7 Å². The van der Waals surface area contributed by atoms with Gasteiger partial charge in [0.15, 0.2) is 0 Å². The topological polar surface area (TPSA) is 52.1 Å². The molecular weight excluding hydrogens is 270 g/mol. The van der Waals surface area contributed by atoms with Crippen molar-refractivity contribution in [1.29, 1.82) is 0 Å². The van der Waals surface area contributed by atoms with Crippen molar-refractivity contribution in [1.82, 2.24) is 15.1 Å². The van der Waals surface area contributed by atoms with Crippen molar-refractivity contribution in [2.45, 2.75) is 26.3 Å². The highest BCUT2D eigenvalue weighted by atomic mass is 32.1. The van der Waals surface area contributed by atoms with E-state index in [0.29, 0.717) is 0 Å². The Morgan fingerprint density at radius 2 is 2.45 bits per heavy atom. The molecule has 1 aliphatic rings. The van der Waals surface area contributed by atoms with Gasteiger partial charge in [-0.1, -0.05) is 13.0 Å². The Morgan fingerprint density at radius 3 is 3.20 bits per heavy atom. The molecule has 2 aromatic heterocycles. The molecule has 0 spiro atoms. The van der Waals surface area contributed by atoms with Crippen molar-refractivity contribution in [2.75, 3.05) is 19.7 Å². The Bertz CT molecular complexity index is 551. The van der Waals surface area contributed by atoms with Crippen LogP contribution in [0.5, 0.6) is 0 Å². The fourth-order valence-corrected chi connectivity index (χ4v) is 3.75. The number of aromatic nitrogens is 2. The third-order valence-corrected chi connectivity index (χ3v) is 5.01. The highest BCUT2D eigenvalue weighted by Gasteiger charge is 2.30. The number of rotatable bonds is 4. The fraction of sp³-hybridized carbons (Fsp3) is 0.533. The zero-order valence-corrected chi connectivity index (χ0v) is 12.6. The van der Waals surface area contributed by atoms with E-state index in [-0.39, 0.29) is 12.0 Å². The molecule has 1 atom stereocenters. The van der Waals surface area contributed by atoms with Crippen LogP contribution in [0, 0.1) is 5.41 Å². The van der Waals surface area contributed by atoms with E-state index in [1.807, 2.05) is 6.20 Å². The molecule has 5 heteroatoms. The van der Waals surface area contributed by atoms with Crippen molar-refractivity contribution in [2.24, 2.45) is 5.41 Å². The number of aromatic amines is 1. The lowest BCUT2D eigenvalue weighted by Gasteiger charge is -2.39. The second-order valence-corrected chi connectivity index (χ2v) is 6.98. The molecule has 0 aliphatic carbocycles. The molecule has 1 aliphatic heterocycles. The summed E-state index contributed by atoms with van der Waals surface area (Å²) in [7, 11) is 0. The van der Waals surface area contributed by atoms with E-state index < -0.39 is 0 Å². The lowest BCUT2D eigenvalue weighted by Crippen LogP contribution is -2.43. The number of hydrogen-bond donors (Lipinski definition) is 2. The number of H-pyrrole nitrogens is 1. The first kappa shape index (κ1) is 13.8. The second-order valence-electron chi connectivity index (χ2n) is 6.03. The third-order valence-electron chi connectivity index (χ3n) is 4.12.